The summed E-state index contributed by atoms with van der Waals surface area (Å²) in [6.45, 7) is 3.74. The molecule has 0 saturated heterocycles. The van der Waals surface area contributed by atoms with E-state index in [-0.39, 0.29) is 11.3 Å². The van der Waals surface area contributed by atoms with E-state index in [1.54, 1.807) is 6.07 Å². The van der Waals surface area contributed by atoms with Gasteiger partial charge in [0.25, 0.3) is 0 Å². The second-order valence-electron chi connectivity index (χ2n) is 5.82. The largest absolute Gasteiger partial charge is 0.573 e. The molecule has 0 aromatic heterocycles. The molecule has 0 aliphatic heterocycles. The average molecular weight is 324 g/mol. The van der Waals surface area contributed by atoms with Gasteiger partial charge >= 0.3 is 6.36 Å². The van der Waals surface area contributed by atoms with Crippen LogP contribution in [0.2, 0.25) is 0 Å². The first-order valence-electron chi connectivity index (χ1n) is 7.37. The quantitative estimate of drug-likeness (QED) is 0.844. The Morgan fingerprint density at radius 3 is 2.13 bits per heavy atom. The number of alkyl halides is 3. The predicted octanol–water partition coefficient (Wildman–Crippen LogP) is 4.94. The van der Waals surface area contributed by atoms with Gasteiger partial charge in [-0.3, -0.25) is 0 Å². The standard InChI is InChI=1S/C18H19F3O2/c1-12(2)9-13-3-5-14(6-4-13)15-7-8-16(11-22)17(10-15)23-18(19,20)21/h3-8,10,12,22H,9,11H2,1-2H3. The molecule has 0 saturated carbocycles. The van der Waals surface area contributed by atoms with E-state index in [2.05, 4.69) is 18.6 Å². The smallest absolute Gasteiger partial charge is 0.405 e. The van der Waals surface area contributed by atoms with Crippen molar-refractivity contribution in [1.29, 1.82) is 0 Å². The van der Waals surface area contributed by atoms with E-state index in [0.717, 1.165) is 12.0 Å². The first kappa shape index (κ1) is 17.3. The Balaban J connectivity index is 2.30. The Morgan fingerprint density at radius 1 is 1.00 bits per heavy atom. The van der Waals surface area contributed by atoms with Crippen LogP contribution in [0.3, 0.4) is 0 Å². The minimum atomic E-state index is -4.79. The molecule has 0 bridgehead atoms. The fraction of sp³-hybridized carbons (Fsp3) is 0.333. The van der Waals surface area contributed by atoms with Crippen LogP contribution in [0.25, 0.3) is 11.1 Å². The van der Waals surface area contributed by atoms with E-state index >= 15 is 0 Å². The second kappa shape index (κ2) is 7.04. The maximum atomic E-state index is 12.5. The van der Waals surface area contributed by atoms with Crippen molar-refractivity contribution >= 4 is 0 Å². The van der Waals surface area contributed by atoms with Crippen molar-refractivity contribution in [3.8, 4) is 16.9 Å². The summed E-state index contributed by atoms with van der Waals surface area (Å²) in [5, 5.41) is 9.15. The third-order valence-corrected chi connectivity index (χ3v) is 3.39. The Morgan fingerprint density at radius 2 is 1.61 bits per heavy atom. The number of rotatable bonds is 5. The third-order valence-electron chi connectivity index (χ3n) is 3.39. The molecule has 0 atom stereocenters. The van der Waals surface area contributed by atoms with Crippen LogP contribution in [0.15, 0.2) is 42.5 Å². The maximum Gasteiger partial charge on any atom is 0.573 e. The Kier molecular flexibility index (Phi) is 5.31. The van der Waals surface area contributed by atoms with Gasteiger partial charge in [-0.05, 0) is 35.1 Å². The van der Waals surface area contributed by atoms with Gasteiger partial charge in [0.2, 0.25) is 0 Å². The molecule has 0 heterocycles. The molecule has 0 fully saturated rings. The number of halogens is 3. The van der Waals surface area contributed by atoms with Crippen molar-refractivity contribution in [2.45, 2.75) is 33.2 Å². The maximum absolute atomic E-state index is 12.5. The lowest BCUT2D eigenvalue weighted by Gasteiger charge is -2.14. The lowest BCUT2D eigenvalue weighted by atomic mass is 9.98. The number of aliphatic hydroxyl groups is 1. The van der Waals surface area contributed by atoms with Gasteiger partial charge in [-0.2, -0.15) is 0 Å². The topological polar surface area (TPSA) is 29.5 Å². The minimum Gasteiger partial charge on any atom is -0.405 e. The SMILES string of the molecule is CC(C)Cc1ccc(-c2ccc(CO)c(OC(F)(F)F)c2)cc1. The minimum absolute atomic E-state index is 0.0995. The van der Waals surface area contributed by atoms with Gasteiger partial charge in [-0.1, -0.05) is 50.2 Å². The molecular weight excluding hydrogens is 305 g/mol. The van der Waals surface area contributed by atoms with E-state index in [1.165, 1.54) is 17.7 Å². The van der Waals surface area contributed by atoms with Crippen molar-refractivity contribution in [2.24, 2.45) is 5.92 Å². The van der Waals surface area contributed by atoms with E-state index in [0.29, 0.717) is 11.5 Å². The first-order chi connectivity index (χ1) is 10.8. The van der Waals surface area contributed by atoms with Gasteiger partial charge in [-0.25, -0.2) is 0 Å². The Hall–Kier alpha value is -2.01. The molecule has 124 valence electrons. The molecule has 0 radical (unpaired) electrons. The highest BCUT2D eigenvalue weighted by atomic mass is 19.4. The predicted molar refractivity (Wildman–Crippen MR) is 83.0 cm³/mol. The van der Waals surface area contributed by atoms with Crippen LogP contribution < -0.4 is 4.74 Å². The molecule has 0 amide bonds. The number of ether oxygens (including phenoxy) is 1. The summed E-state index contributed by atoms with van der Waals surface area (Å²) in [4.78, 5) is 0. The fourth-order valence-electron chi connectivity index (χ4n) is 2.39. The molecule has 2 rings (SSSR count). The van der Waals surface area contributed by atoms with E-state index < -0.39 is 13.0 Å². The molecule has 0 aliphatic carbocycles. The zero-order chi connectivity index (χ0) is 17.0. The van der Waals surface area contributed by atoms with Crippen LogP contribution in [-0.2, 0) is 13.0 Å². The van der Waals surface area contributed by atoms with E-state index in [9.17, 15) is 13.2 Å². The zero-order valence-electron chi connectivity index (χ0n) is 13.0. The highest BCUT2D eigenvalue weighted by Gasteiger charge is 2.32. The molecule has 2 aromatic rings. The van der Waals surface area contributed by atoms with Crippen molar-refractivity contribution < 1.29 is 23.0 Å². The molecule has 2 nitrogen and oxygen atoms in total. The van der Waals surface area contributed by atoms with Gasteiger partial charge in [0, 0.05) is 5.56 Å². The number of benzene rings is 2. The normalized spacial score (nSPS) is 11.8. The van der Waals surface area contributed by atoms with Crippen LogP contribution >= 0.6 is 0 Å². The lowest BCUT2D eigenvalue weighted by molar-refractivity contribution is -0.275. The molecular formula is C18H19F3O2. The van der Waals surface area contributed by atoms with Gasteiger partial charge < -0.3 is 9.84 Å². The van der Waals surface area contributed by atoms with Gasteiger partial charge in [-0.15, -0.1) is 13.2 Å². The van der Waals surface area contributed by atoms with Crippen molar-refractivity contribution in [1.82, 2.24) is 0 Å². The molecule has 5 heteroatoms. The third kappa shape index (κ3) is 4.99. The summed E-state index contributed by atoms with van der Waals surface area (Å²) in [5.41, 5.74) is 2.69. The number of hydrogen-bond donors (Lipinski definition) is 1. The van der Waals surface area contributed by atoms with Gasteiger partial charge in [0.05, 0.1) is 6.61 Å². The average Bonchev–Trinajstić information content (AvgIpc) is 2.45. The molecule has 0 spiro atoms. The Labute approximate surface area is 133 Å². The summed E-state index contributed by atoms with van der Waals surface area (Å²) < 4.78 is 41.4. The van der Waals surface area contributed by atoms with Crippen LogP contribution in [0.4, 0.5) is 13.2 Å². The van der Waals surface area contributed by atoms with E-state index in [1.807, 2.05) is 24.3 Å². The van der Waals surface area contributed by atoms with Crippen LogP contribution in [0.1, 0.15) is 25.0 Å². The first-order valence-corrected chi connectivity index (χ1v) is 7.37. The lowest BCUT2D eigenvalue weighted by Crippen LogP contribution is -2.18. The number of hydrogen-bond acceptors (Lipinski definition) is 2. The molecule has 2 aromatic carbocycles. The van der Waals surface area contributed by atoms with Crippen LogP contribution in [0.5, 0.6) is 5.75 Å². The molecule has 23 heavy (non-hydrogen) atoms. The monoisotopic (exact) mass is 324 g/mol. The van der Waals surface area contributed by atoms with Gasteiger partial charge in [0.1, 0.15) is 5.75 Å². The fourth-order valence-corrected chi connectivity index (χ4v) is 2.39. The molecule has 0 aliphatic rings. The molecule has 1 N–H and O–H groups in total. The highest BCUT2D eigenvalue weighted by molar-refractivity contribution is 5.66. The van der Waals surface area contributed by atoms with Crippen LogP contribution in [0, 0.1) is 5.92 Å². The highest BCUT2D eigenvalue weighted by Crippen LogP contribution is 2.31. The van der Waals surface area contributed by atoms with Gasteiger partial charge in [0.15, 0.2) is 0 Å². The van der Waals surface area contributed by atoms with Crippen molar-refractivity contribution in [2.75, 3.05) is 0 Å². The van der Waals surface area contributed by atoms with E-state index in [4.69, 9.17) is 5.11 Å². The summed E-state index contributed by atoms with van der Waals surface area (Å²) in [5.74, 6) is 0.167. The Bertz CT molecular complexity index is 646. The van der Waals surface area contributed by atoms with Crippen molar-refractivity contribution in [3.63, 3.8) is 0 Å². The summed E-state index contributed by atoms with van der Waals surface area (Å²) in [7, 11) is 0. The zero-order valence-corrected chi connectivity index (χ0v) is 13.0. The number of aliphatic hydroxyl groups excluding tert-OH is 1. The second-order valence-corrected chi connectivity index (χ2v) is 5.82. The van der Waals surface area contributed by atoms with Crippen LogP contribution in [-0.4, -0.2) is 11.5 Å². The summed E-state index contributed by atoms with van der Waals surface area (Å²) in [6, 6.07) is 12.1. The molecule has 0 unspecified atom stereocenters. The van der Waals surface area contributed by atoms with Crippen molar-refractivity contribution in [3.05, 3.63) is 53.6 Å². The summed E-state index contributed by atoms with van der Waals surface area (Å²) in [6.07, 6.45) is -3.84. The summed E-state index contributed by atoms with van der Waals surface area (Å²) >= 11 is 0.